The summed E-state index contributed by atoms with van der Waals surface area (Å²) in [6, 6.07) is 9.79. The summed E-state index contributed by atoms with van der Waals surface area (Å²) in [5.41, 5.74) is 1.11. The fourth-order valence-corrected chi connectivity index (χ4v) is 2.15. The number of benzene rings is 1. The van der Waals surface area contributed by atoms with Gasteiger partial charge in [0.2, 0.25) is 0 Å². The van der Waals surface area contributed by atoms with Crippen LogP contribution in [-0.4, -0.2) is 11.5 Å². The smallest absolute Gasteiger partial charge is 0.150 e. The number of ether oxygens (including phenoxy) is 1. The van der Waals surface area contributed by atoms with E-state index in [4.69, 9.17) is 4.74 Å². The largest absolute Gasteiger partial charge is 0.454 e. The SMILES string of the molecule is CC(C)CNCc1ccncc1Oc1ccccc1Br. The molecule has 0 bridgehead atoms. The molecule has 0 amide bonds. The van der Waals surface area contributed by atoms with Crippen LogP contribution in [-0.2, 0) is 6.54 Å². The highest BCUT2D eigenvalue weighted by molar-refractivity contribution is 9.10. The number of rotatable bonds is 6. The first kappa shape index (κ1) is 15.0. The number of hydrogen-bond donors (Lipinski definition) is 1. The molecule has 106 valence electrons. The molecule has 0 unspecified atom stereocenters. The highest BCUT2D eigenvalue weighted by Gasteiger charge is 2.07. The molecule has 0 atom stereocenters. The van der Waals surface area contributed by atoms with E-state index >= 15 is 0 Å². The fraction of sp³-hybridized carbons (Fsp3) is 0.312. The van der Waals surface area contributed by atoms with Crippen LogP contribution in [0.15, 0.2) is 47.2 Å². The number of pyridine rings is 1. The van der Waals surface area contributed by atoms with Gasteiger partial charge in [0.25, 0.3) is 0 Å². The summed E-state index contributed by atoms with van der Waals surface area (Å²) in [5.74, 6) is 2.21. The second-order valence-electron chi connectivity index (χ2n) is 5.04. The summed E-state index contributed by atoms with van der Waals surface area (Å²) in [5, 5.41) is 3.42. The fourth-order valence-electron chi connectivity index (χ4n) is 1.79. The molecule has 0 aliphatic rings. The predicted octanol–water partition coefficient (Wildman–Crippen LogP) is 4.38. The molecule has 1 aromatic heterocycles. The minimum Gasteiger partial charge on any atom is -0.454 e. The Balaban J connectivity index is 2.10. The second kappa shape index (κ2) is 7.41. The number of nitrogens with zero attached hydrogens (tertiary/aromatic N) is 1. The first-order chi connectivity index (χ1) is 9.66. The van der Waals surface area contributed by atoms with Crippen LogP contribution < -0.4 is 10.1 Å². The molecule has 1 N–H and O–H groups in total. The minimum absolute atomic E-state index is 0.629. The normalized spacial score (nSPS) is 10.8. The Morgan fingerprint density at radius 1 is 1.20 bits per heavy atom. The summed E-state index contributed by atoms with van der Waals surface area (Å²) in [4.78, 5) is 4.15. The van der Waals surface area contributed by atoms with Gasteiger partial charge < -0.3 is 10.1 Å². The van der Waals surface area contributed by atoms with Gasteiger partial charge in [-0.1, -0.05) is 26.0 Å². The second-order valence-corrected chi connectivity index (χ2v) is 5.89. The minimum atomic E-state index is 0.629. The third kappa shape index (κ3) is 4.32. The van der Waals surface area contributed by atoms with E-state index in [2.05, 4.69) is 40.1 Å². The van der Waals surface area contributed by atoms with Crippen molar-refractivity contribution in [1.82, 2.24) is 10.3 Å². The molecular formula is C16H19BrN2O. The summed E-state index contributed by atoms with van der Waals surface area (Å²) < 4.78 is 6.88. The maximum absolute atomic E-state index is 5.95. The van der Waals surface area contributed by atoms with Gasteiger partial charge in [-0.05, 0) is 46.6 Å². The van der Waals surface area contributed by atoms with E-state index < -0.39 is 0 Å². The number of halogens is 1. The lowest BCUT2D eigenvalue weighted by atomic mass is 10.2. The first-order valence-electron chi connectivity index (χ1n) is 6.73. The average Bonchev–Trinajstić information content (AvgIpc) is 2.43. The van der Waals surface area contributed by atoms with Gasteiger partial charge in [0.1, 0.15) is 11.5 Å². The summed E-state index contributed by atoms with van der Waals surface area (Å²) in [6.45, 7) is 6.15. The van der Waals surface area contributed by atoms with Crippen molar-refractivity contribution in [2.45, 2.75) is 20.4 Å². The number of para-hydroxylation sites is 1. The zero-order valence-corrected chi connectivity index (χ0v) is 13.4. The van der Waals surface area contributed by atoms with Crippen molar-refractivity contribution >= 4 is 15.9 Å². The van der Waals surface area contributed by atoms with E-state index in [1.54, 1.807) is 12.4 Å². The predicted molar refractivity (Wildman–Crippen MR) is 85.0 cm³/mol. The van der Waals surface area contributed by atoms with Crippen molar-refractivity contribution in [3.63, 3.8) is 0 Å². The quantitative estimate of drug-likeness (QED) is 0.851. The topological polar surface area (TPSA) is 34.2 Å². The van der Waals surface area contributed by atoms with Crippen LogP contribution in [0.5, 0.6) is 11.5 Å². The van der Waals surface area contributed by atoms with Crippen molar-refractivity contribution < 1.29 is 4.74 Å². The van der Waals surface area contributed by atoms with Gasteiger partial charge >= 0.3 is 0 Å². The lowest BCUT2D eigenvalue weighted by Crippen LogP contribution is -2.19. The lowest BCUT2D eigenvalue weighted by molar-refractivity contribution is 0.464. The molecule has 0 spiro atoms. The average molecular weight is 335 g/mol. The maximum atomic E-state index is 5.95. The van der Waals surface area contributed by atoms with Gasteiger partial charge in [0.05, 0.1) is 10.7 Å². The zero-order chi connectivity index (χ0) is 14.4. The Labute approximate surface area is 128 Å². The van der Waals surface area contributed by atoms with E-state index in [0.29, 0.717) is 5.92 Å². The molecule has 0 aliphatic heterocycles. The van der Waals surface area contributed by atoms with Crippen LogP contribution in [0.1, 0.15) is 19.4 Å². The molecule has 2 aromatic rings. The molecule has 2 rings (SSSR count). The third-order valence-electron chi connectivity index (χ3n) is 2.79. The van der Waals surface area contributed by atoms with Gasteiger partial charge in [0, 0.05) is 18.3 Å². The van der Waals surface area contributed by atoms with Crippen molar-refractivity contribution in [1.29, 1.82) is 0 Å². The van der Waals surface area contributed by atoms with Gasteiger partial charge in [-0.15, -0.1) is 0 Å². The van der Waals surface area contributed by atoms with E-state index in [0.717, 1.165) is 34.6 Å². The lowest BCUT2D eigenvalue weighted by Gasteiger charge is -2.13. The van der Waals surface area contributed by atoms with Crippen LogP contribution in [0.2, 0.25) is 0 Å². The van der Waals surface area contributed by atoms with Crippen molar-refractivity contribution in [3.05, 3.63) is 52.8 Å². The number of nitrogens with one attached hydrogen (secondary N) is 1. The Morgan fingerprint density at radius 2 is 2.00 bits per heavy atom. The molecule has 0 saturated heterocycles. The first-order valence-corrected chi connectivity index (χ1v) is 7.52. The molecule has 4 heteroatoms. The molecule has 20 heavy (non-hydrogen) atoms. The van der Waals surface area contributed by atoms with E-state index in [-0.39, 0.29) is 0 Å². The van der Waals surface area contributed by atoms with E-state index in [9.17, 15) is 0 Å². The Kier molecular flexibility index (Phi) is 5.56. The molecule has 0 radical (unpaired) electrons. The maximum Gasteiger partial charge on any atom is 0.150 e. The summed E-state index contributed by atoms with van der Waals surface area (Å²) in [6.07, 6.45) is 3.55. The van der Waals surface area contributed by atoms with Crippen molar-refractivity contribution in [3.8, 4) is 11.5 Å². The van der Waals surface area contributed by atoms with Gasteiger partial charge in [-0.25, -0.2) is 0 Å². The molecule has 1 heterocycles. The Morgan fingerprint density at radius 3 is 2.75 bits per heavy atom. The van der Waals surface area contributed by atoms with Crippen molar-refractivity contribution in [2.75, 3.05) is 6.54 Å². The number of aromatic nitrogens is 1. The molecule has 1 aromatic carbocycles. The van der Waals surface area contributed by atoms with Crippen LogP contribution >= 0.6 is 15.9 Å². The number of hydrogen-bond acceptors (Lipinski definition) is 3. The molecule has 3 nitrogen and oxygen atoms in total. The van der Waals surface area contributed by atoms with E-state index in [1.807, 2.05) is 30.3 Å². The standard InChI is InChI=1S/C16H19BrN2O/c1-12(2)9-19-10-13-7-8-18-11-16(13)20-15-6-4-3-5-14(15)17/h3-8,11-12,19H,9-10H2,1-2H3. The van der Waals surface area contributed by atoms with Crippen molar-refractivity contribution in [2.24, 2.45) is 5.92 Å². The van der Waals surface area contributed by atoms with Gasteiger partial charge in [-0.3, -0.25) is 4.98 Å². The molecular weight excluding hydrogens is 316 g/mol. The molecule has 0 saturated carbocycles. The molecule has 0 aliphatic carbocycles. The zero-order valence-electron chi connectivity index (χ0n) is 11.8. The van der Waals surface area contributed by atoms with Gasteiger partial charge in [0.15, 0.2) is 0 Å². The Bertz CT molecular complexity index is 558. The highest BCUT2D eigenvalue weighted by Crippen LogP contribution is 2.30. The Hall–Kier alpha value is -1.39. The van der Waals surface area contributed by atoms with Crippen LogP contribution in [0.4, 0.5) is 0 Å². The van der Waals surface area contributed by atoms with E-state index in [1.165, 1.54) is 0 Å². The van der Waals surface area contributed by atoms with Crippen LogP contribution in [0.3, 0.4) is 0 Å². The highest BCUT2D eigenvalue weighted by atomic mass is 79.9. The van der Waals surface area contributed by atoms with Crippen LogP contribution in [0, 0.1) is 5.92 Å². The monoisotopic (exact) mass is 334 g/mol. The van der Waals surface area contributed by atoms with Crippen LogP contribution in [0.25, 0.3) is 0 Å². The van der Waals surface area contributed by atoms with Gasteiger partial charge in [-0.2, -0.15) is 0 Å². The summed E-state index contributed by atoms with van der Waals surface area (Å²) in [7, 11) is 0. The summed E-state index contributed by atoms with van der Waals surface area (Å²) >= 11 is 3.49. The molecule has 0 fully saturated rings. The third-order valence-corrected chi connectivity index (χ3v) is 3.45.